The molecular weight excluding hydrogens is 324 g/mol. The second kappa shape index (κ2) is 5.73. The third-order valence-electron chi connectivity index (χ3n) is 5.57. The van der Waals surface area contributed by atoms with Crippen LogP contribution in [0.1, 0.15) is 40.5 Å². The maximum atomic E-state index is 10.3. The highest BCUT2D eigenvalue weighted by Crippen LogP contribution is 2.38. The zero-order valence-corrected chi connectivity index (χ0v) is 15.9. The first kappa shape index (κ1) is 16.9. The van der Waals surface area contributed by atoms with E-state index >= 15 is 0 Å². The van der Waals surface area contributed by atoms with Gasteiger partial charge in [-0.1, -0.05) is 44.2 Å². The Balaban J connectivity index is 1.86. The lowest BCUT2D eigenvalue weighted by molar-refractivity contribution is 0.170. The third kappa shape index (κ3) is 2.71. The first-order valence-corrected chi connectivity index (χ1v) is 9.19. The van der Waals surface area contributed by atoms with Crippen molar-refractivity contribution in [1.82, 2.24) is 15.1 Å². The van der Waals surface area contributed by atoms with Crippen LogP contribution >= 0.6 is 0 Å². The Hall–Kier alpha value is -2.56. The topological polar surface area (TPSA) is 54.2 Å². The Morgan fingerprint density at radius 1 is 0.923 bits per heavy atom. The van der Waals surface area contributed by atoms with Crippen LogP contribution in [0.5, 0.6) is 5.75 Å². The minimum absolute atomic E-state index is 0.0149. The quantitative estimate of drug-likeness (QED) is 0.747. The Bertz CT molecular complexity index is 958. The van der Waals surface area contributed by atoms with Crippen LogP contribution in [-0.4, -0.2) is 32.3 Å². The molecule has 1 N–H and O–H groups in total. The minimum atomic E-state index is 0.0149. The molecule has 136 valence electrons. The number of aromatic hydroxyl groups is 1. The van der Waals surface area contributed by atoms with E-state index in [2.05, 4.69) is 49.1 Å². The summed E-state index contributed by atoms with van der Waals surface area (Å²) in [4.78, 5) is 1.96. The van der Waals surface area contributed by atoms with Crippen molar-refractivity contribution in [2.45, 2.75) is 46.1 Å². The molecule has 0 aliphatic carbocycles. The number of rotatable bonds is 2. The van der Waals surface area contributed by atoms with Gasteiger partial charge in [-0.2, -0.15) is 4.79 Å². The lowest BCUT2D eigenvalue weighted by Gasteiger charge is -2.49. The van der Waals surface area contributed by atoms with Crippen LogP contribution in [0.25, 0.3) is 22.2 Å². The number of nitrogens with zero attached hydrogens (tertiary/aromatic N) is 4. The minimum Gasteiger partial charge on any atom is -0.507 e. The Morgan fingerprint density at radius 3 is 2.42 bits per heavy atom. The highest BCUT2D eigenvalue weighted by Gasteiger charge is 2.39. The molecular formula is C21H26N4O. The molecule has 0 atom stereocenters. The van der Waals surface area contributed by atoms with Gasteiger partial charge < -0.3 is 5.11 Å². The van der Waals surface area contributed by atoms with E-state index in [1.165, 1.54) is 6.42 Å². The summed E-state index contributed by atoms with van der Waals surface area (Å²) in [5.41, 5.74) is 3.72. The van der Waals surface area contributed by atoms with E-state index in [-0.39, 0.29) is 16.7 Å². The number of piperidine rings is 1. The number of aromatic nitrogens is 3. The van der Waals surface area contributed by atoms with Gasteiger partial charge in [-0.3, -0.25) is 5.01 Å². The standard InChI is InChI=1S/C21H26N4O/c1-20(2)12-13-21(3,4)24(14-20)25-17-10-7-9-16(19(17)22-23-25)15-8-5-6-11-18(15)26/h5-11,26H,12-14H2,1-4H3. The SMILES string of the molecule is CC1(C)CCC(C)(C)N(n2nnc3c(-c4ccccc4O)cccc32)C1. The summed E-state index contributed by atoms with van der Waals surface area (Å²) in [5, 5.41) is 21.6. The molecule has 3 aromatic rings. The molecule has 1 aliphatic heterocycles. The fourth-order valence-corrected chi connectivity index (χ4v) is 3.83. The van der Waals surface area contributed by atoms with Crippen molar-refractivity contribution in [3.8, 4) is 16.9 Å². The van der Waals surface area contributed by atoms with Crippen molar-refractivity contribution >= 4 is 11.0 Å². The molecule has 5 nitrogen and oxygen atoms in total. The molecule has 0 bridgehead atoms. The van der Waals surface area contributed by atoms with Crippen molar-refractivity contribution in [3.05, 3.63) is 42.5 Å². The molecule has 0 spiro atoms. The Morgan fingerprint density at radius 2 is 1.65 bits per heavy atom. The summed E-state index contributed by atoms with van der Waals surface area (Å²) < 4.78 is 0. The summed E-state index contributed by atoms with van der Waals surface area (Å²) in [7, 11) is 0. The lowest BCUT2D eigenvalue weighted by Crippen LogP contribution is -2.58. The van der Waals surface area contributed by atoms with Gasteiger partial charge in [0.25, 0.3) is 0 Å². The predicted octanol–water partition coefficient (Wildman–Crippen LogP) is 4.34. The van der Waals surface area contributed by atoms with E-state index in [4.69, 9.17) is 0 Å². The average molecular weight is 350 g/mol. The van der Waals surface area contributed by atoms with Crippen LogP contribution in [0.3, 0.4) is 0 Å². The Labute approximate surface area is 154 Å². The monoisotopic (exact) mass is 350 g/mol. The average Bonchev–Trinajstić information content (AvgIpc) is 3.02. The predicted molar refractivity (Wildman–Crippen MR) is 105 cm³/mol. The molecule has 2 heterocycles. The molecule has 1 aliphatic rings. The van der Waals surface area contributed by atoms with Crippen LogP contribution < -0.4 is 5.01 Å². The van der Waals surface area contributed by atoms with Crippen molar-refractivity contribution in [1.29, 1.82) is 0 Å². The number of fused-ring (bicyclic) bond motifs is 1. The Kier molecular flexibility index (Phi) is 3.72. The summed E-state index contributed by atoms with van der Waals surface area (Å²) >= 11 is 0. The molecule has 5 heteroatoms. The van der Waals surface area contributed by atoms with Gasteiger partial charge in [0, 0.05) is 17.7 Å². The number of hydrogen-bond acceptors (Lipinski definition) is 4. The highest BCUT2D eigenvalue weighted by molar-refractivity contribution is 5.93. The first-order chi connectivity index (χ1) is 12.3. The number of phenols is 1. The number of para-hydroxylation sites is 1. The summed E-state index contributed by atoms with van der Waals surface area (Å²) in [6.07, 6.45) is 2.31. The fraction of sp³-hybridized carbons (Fsp3) is 0.429. The van der Waals surface area contributed by atoms with Crippen LogP contribution in [0.2, 0.25) is 0 Å². The van der Waals surface area contributed by atoms with Gasteiger partial charge in [0.2, 0.25) is 0 Å². The van der Waals surface area contributed by atoms with E-state index in [1.54, 1.807) is 6.07 Å². The van der Waals surface area contributed by atoms with Crippen LogP contribution in [0.15, 0.2) is 42.5 Å². The fourth-order valence-electron chi connectivity index (χ4n) is 3.83. The second-order valence-corrected chi connectivity index (χ2v) is 8.70. The second-order valence-electron chi connectivity index (χ2n) is 8.70. The number of hydrogen-bond donors (Lipinski definition) is 1. The van der Waals surface area contributed by atoms with E-state index < -0.39 is 0 Å². The molecule has 0 amide bonds. The van der Waals surface area contributed by atoms with Gasteiger partial charge in [0.15, 0.2) is 0 Å². The van der Waals surface area contributed by atoms with Gasteiger partial charge in [-0.15, -0.1) is 5.10 Å². The molecule has 2 aromatic carbocycles. The number of benzene rings is 2. The van der Waals surface area contributed by atoms with Gasteiger partial charge in [0.05, 0.1) is 5.54 Å². The van der Waals surface area contributed by atoms with Crippen LogP contribution in [0.4, 0.5) is 0 Å². The summed E-state index contributed by atoms with van der Waals surface area (Å²) in [5.74, 6) is 0.258. The molecule has 0 radical (unpaired) electrons. The van der Waals surface area contributed by atoms with E-state index in [0.717, 1.165) is 35.1 Å². The van der Waals surface area contributed by atoms with Crippen LogP contribution in [0, 0.1) is 5.41 Å². The maximum absolute atomic E-state index is 10.3. The van der Waals surface area contributed by atoms with Gasteiger partial charge >= 0.3 is 0 Å². The van der Waals surface area contributed by atoms with Crippen LogP contribution in [-0.2, 0) is 0 Å². The largest absolute Gasteiger partial charge is 0.507 e. The normalized spacial score (nSPS) is 19.0. The molecule has 1 fully saturated rings. The highest BCUT2D eigenvalue weighted by atomic mass is 16.3. The van der Waals surface area contributed by atoms with E-state index in [9.17, 15) is 5.11 Å². The molecule has 0 unspecified atom stereocenters. The lowest BCUT2D eigenvalue weighted by atomic mass is 9.77. The molecule has 4 rings (SSSR count). The van der Waals surface area contributed by atoms with Crippen molar-refractivity contribution in [2.75, 3.05) is 11.6 Å². The van der Waals surface area contributed by atoms with Gasteiger partial charge in [-0.25, -0.2) is 0 Å². The number of phenolic OH excluding ortho intramolecular Hbond substituents is 1. The first-order valence-electron chi connectivity index (χ1n) is 9.19. The molecule has 1 aromatic heterocycles. The van der Waals surface area contributed by atoms with Crippen molar-refractivity contribution in [3.63, 3.8) is 0 Å². The third-order valence-corrected chi connectivity index (χ3v) is 5.57. The van der Waals surface area contributed by atoms with E-state index in [0.29, 0.717) is 0 Å². The van der Waals surface area contributed by atoms with Gasteiger partial charge in [-0.05, 0) is 49.5 Å². The maximum Gasteiger partial charge on any atom is 0.123 e. The zero-order chi connectivity index (χ0) is 18.5. The smallest absolute Gasteiger partial charge is 0.123 e. The van der Waals surface area contributed by atoms with Crippen molar-refractivity contribution < 1.29 is 5.11 Å². The molecule has 1 saturated heterocycles. The molecule has 26 heavy (non-hydrogen) atoms. The molecule has 0 saturated carbocycles. The summed E-state index contributed by atoms with van der Waals surface area (Å²) in [6.45, 7) is 10.1. The summed E-state index contributed by atoms with van der Waals surface area (Å²) in [6, 6.07) is 13.4. The van der Waals surface area contributed by atoms with Gasteiger partial charge in [0.1, 0.15) is 16.8 Å². The van der Waals surface area contributed by atoms with Crippen molar-refractivity contribution in [2.24, 2.45) is 5.41 Å². The van der Waals surface area contributed by atoms with E-state index in [1.807, 2.05) is 35.1 Å². The zero-order valence-electron chi connectivity index (χ0n) is 15.9.